The Kier molecular flexibility index (Phi) is 4.64. The van der Waals surface area contributed by atoms with Crippen molar-refractivity contribution in [1.29, 1.82) is 0 Å². The second-order valence-corrected chi connectivity index (χ2v) is 6.09. The van der Waals surface area contributed by atoms with Crippen LogP contribution in [0.3, 0.4) is 0 Å². The van der Waals surface area contributed by atoms with Crippen molar-refractivity contribution in [3.8, 4) is 0 Å². The molecule has 2 nitrogen and oxygen atoms in total. The van der Waals surface area contributed by atoms with Crippen LogP contribution in [-0.2, 0) is 4.74 Å². The van der Waals surface area contributed by atoms with Crippen LogP contribution in [-0.4, -0.2) is 12.2 Å². The van der Waals surface area contributed by atoms with Gasteiger partial charge in [0.05, 0.1) is 11.6 Å². The normalized spacial score (nSPS) is 29.2. The van der Waals surface area contributed by atoms with E-state index >= 15 is 0 Å². The number of hydrogen-bond donors (Lipinski definition) is 1. The molecule has 1 aliphatic rings. The van der Waals surface area contributed by atoms with E-state index in [1.807, 2.05) is 0 Å². The zero-order chi connectivity index (χ0) is 13.9. The molecule has 0 heterocycles. The van der Waals surface area contributed by atoms with Gasteiger partial charge in [0.25, 0.3) is 0 Å². The van der Waals surface area contributed by atoms with E-state index in [-0.39, 0.29) is 11.6 Å². The predicted octanol–water partition coefficient (Wildman–Crippen LogP) is 3.98. The van der Waals surface area contributed by atoms with Gasteiger partial charge in [-0.05, 0) is 38.2 Å². The van der Waals surface area contributed by atoms with Crippen LogP contribution in [0.2, 0.25) is 0 Å². The zero-order valence-electron chi connectivity index (χ0n) is 12.5. The van der Waals surface area contributed by atoms with Gasteiger partial charge in [-0.2, -0.15) is 0 Å². The largest absolute Gasteiger partial charge is 0.373 e. The van der Waals surface area contributed by atoms with Gasteiger partial charge in [-0.15, -0.1) is 0 Å². The summed E-state index contributed by atoms with van der Waals surface area (Å²) in [6.07, 6.45) is 4.69. The minimum atomic E-state index is -0.165. The zero-order valence-corrected chi connectivity index (χ0v) is 12.5. The second kappa shape index (κ2) is 6.06. The molecule has 3 unspecified atom stereocenters. The highest BCUT2D eigenvalue weighted by atomic mass is 16.5. The third kappa shape index (κ3) is 3.18. The lowest BCUT2D eigenvalue weighted by atomic mass is 9.73. The summed E-state index contributed by atoms with van der Waals surface area (Å²) in [5.41, 5.74) is 8.89. The smallest absolute Gasteiger partial charge is 0.0876 e. The summed E-state index contributed by atoms with van der Waals surface area (Å²) in [5, 5.41) is 0. The lowest BCUT2D eigenvalue weighted by Crippen LogP contribution is -2.47. The topological polar surface area (TPSA) is 35.2 Å². The van der Waals surface area contributed by atoms with E-state index in [2.05, 4.69) is 45.0 Å². The summed E-state index contributed by atoms with van der Waals surface area (Å²) in [6, 6.07) is 8.57. The van der Waals surface area contributed by atoms with Crippen molar-refractivity contribution in [2.75, 3.05) is 6.61 Å². The number of benzene rings is 1. The average molecular weight is 261 g/mol. The molecule has 1 fully saturated rings. The lowest BCUT2D eigenvalue weighted by molar-refractivity contribution is -0.0938. The molecule has 0 bridgehead atoms. The Labute approximate surface area is 117 Å². The number of rotatable bonds is 4. The van der Waals surface area contributed by atoms with E-state index in [0.717, 1.165) is 19.4 Å². The lowest BCUT2D eigenvalue weighted by Gasteiger charge is -2.44. The highest BCUT2D eigenvalue weighted by Gasteiger charge is 2.41. The molecule has 1 saturated carbocycles. The Morgan fingerprint density at radius 3 is 2.63 bits per heavy atom. The second-order valence-electron chi connectivity index (χ2n) is 6.09. The van der Waals surface area contributed by atoms with Gasteiger partial charge in [0.2, 0.25) is 0 Å². The van der Waals surface area contributed by atoms with Crippen molar-refractivity contribution in [2.45, 2.75) is 58.1 Å². The standard InChI is InChI=1S/C17H27NO/c1-4-19-17(11-5-6-14(3)12-17)16(18)15-9-7-13(2)8-10-15/h7-10,14,16H,4-6,11-12,18H2,1-3H3. The summed E-state index contributed by atoms with van der Waals surface area (Å²) in [6.45, 7) is 7.24. The molecule has 106 valence electrons. The summed E-state index contributed by atoms with van der Waals surface area (Å²) < 4.78 is 6.16. The van der Waals surface area contributed by atoms with Gasteiger partial charge < -0.3 is 10.5 Å². The van der Waals surface area contributed by atoms with Crippen molar-refractivity contribution in [3.63, 3.8) is 0 Å². The fourth-order valence-electron chi connectivity index (χ4n) is 3.41. The summed E-state index contributed by atoms with van der Waals surface area (Å²) in [7, 11) is 0. The van der Waals surface area contributed by atoms with E-state index in [1.165, 1.54) is 24.0 Å². The van der Waals surface area contributed by atoms with Gasteiger partial charge in [0, 0.05) is 6.61 Å². The fraction of sp³-hybridized carbons (Fsp3) is 0.647. The Bertz CT molecular complexity index is 396. The number of hydrogen-bond acceptors (Lipinski definition) is 2. The fourth-order valence-corrected chi connectivity index (χ4v) is 3.41. The highest BCUT2D eigenvalue weighted by molar-refractivity contribution is 5.26. The first kappa shape index (κ1) is 14.5. The summed E-state index contributed by atoms with van der Waals surface area (Å²) >= 11 is 0. The summed E-state index contributed by atoms with van der Waals surface area (Å²) in [4.78, 5) is 0. The molecule has 19 heavy (non-hydrogen) atoms. The molecule has 2 N–H and O–H groups in total. The first-order valence-electron chi connectivity index (χ1n) is 7.53. The first-order valence-corrected chi connectivity index (χ1v) is 7.53. The minimum Gasteiger partial charge on any atom is -0.373 e. The molecule has 2 heteroatoms. The highest BCUT2D eigenvalue weighted by Crippen LogP contribution is 2.42. The Morgan fingerprint density at radius 2 is 2.05 bits per heavy atom. The minimum absolute atomic E-state index is 0.0178. The monoisotopic (exact) mass is 261 g/mol. The molecule has 1 aromatic carbocycles. The van der Waals surface area contributed by atoms with Gasteiger partial charge in [-0.3, -0.25) is 0 Å². The molecular formula is C17H27NO. The SMILES string of the molecule is CCOC1(C(N)c2ccc(C)cc2)CCCC(C)C1. The van der Waals surface area contributed by atoms with Crippen LogP contribution < -0.4 is 5.73 Å². The molecule has 0 saturated heterocycles. The van der Waals surface area contributed by atoms with Crippen LogP contribution in [0.1, 0.15) is 56.7 Å². The van der Waals surface area contributed by atoms with Gasteiger partial charge in [-0.25, -0.2) is 0 Å². The molecule has 2 rings (SSSR count). The molecule has 0 aromatic heterocycles. The third-order valence-electron chi connectivity index (χ3n) is 4.43. The molecule has 0 amide bonds. The van der Waals surface area contributed by atoms with Crippen molar-refractivity contribution in [2.24, 2.45) is 11.7 Å². The van der Waals surface area contributed by atoms with Crippen molar-refractivity contribution in [1.82, 2.24) is 0 Å². The average Bonchev–Trinajstić information content (AvgIpc) is 2.39. The molecule has 3 atom stereocenters. The quantitative estimate of drug-likeness (QED) is 0.889. The van der Waals surface area contributed by atoms with Crippen LogP contribution in [0.4, 0.5) is 0 Å². The molecule has 1 aliphatic carbocycles. The molecule has 0 radical (unpaired) electrons. The van der Waals surface area contributed by atoms with Crippen LogP contribution in [0, 0.1) is 12.8 Å². The van der Waals surface area contributed by atoms with Crippen LogP contribution in [0.15, 0.2) is 24.3 Å². The molecule has 0 spiro atoms. The van der Waals surface area contributed by atoms with Gasteiger partial charge in [0.15, 0.2) is 0 Å². The maximum absolute atomic E-state index is 6.58. The number of ether oxygens (including phenoxy) is 1. The number of aryl methyl sites for hydroxylation is 1. The van der Waals surface area contributed by atoms with Crippen LogP contribution >= 0.6 is 0 Å². The molecule has 1 aromatic rings. The van der Waals surface area contributed by atoms with E-state index in [0.29, 0.717) is 5.92 Å². The van der Waals surface area contributed by atoms with Gasteiger partial charge in [-0.1, -0.05) is 49.6 Å². The van der Waals surface area contributed by atoms with Crippen molar-refractivity contribution in [3.05, 3.63) is 35.4 Å². The van der Waals surface area contributed by atoms with Crippen molar-refractivity contribution >= 4 is 0 Å². The Hall–Kier alpha value is -0.860. The van der Waals surface area contributed by atoms with Crippen LogP contribution in [0.25, 0.3) is 0 Å². The van der Waals surface area contributed by atoms with Crippen LogP contribution in [0.5, 0.6) is 0 Å². The molecule has 0 aliphatic heterocycles. The van der Waals surface area contributed by atoms with Gasteiger partial charge in [0.1, 0.15) is 0 Å². The number of nitrogens with two attached hydrogens (primary N) is 1. The van der Waals surface area contributed by atoms with Gasteiger partial charge >= 0.3 is 0 Å². The van der Waals surface area contributed by atoms with E-state index in [1.54, 1.807) is 0 Å². The first-order chi connectivity index (χ1) is 9.07. The third-order valence-corrected chi connectivity index (χ3v) is 4.43. The summed E-state index contributed by atoms with van der Waals surface area (Å²) in [5.74, 6) is 0.705. The Balaban J connectivity index is 2.24. The maximum atomic E-state index is 6.58. The maximum Gasteiger partial charge on any atom is 0.0876 e. The predicted molar refractivity (Wildman–Crippen MR) is 80.1 cm³/mol. The Morgan fingerprint density at radius 1 is 1.37 bits per heavy atom. The van der Waals surface area contributed by atoms with E-state index in [4.69, 9.17) is 10.5 Å². The van der Waals surface area contributed by atoms with E-state index < -0.39 is 0 Å². The van der Waals surface area contributed by atoms with Crippen molar-refractivity contribution < 1.29 is 4.74 Å². The van der Waals surface area contributed by atoms with E-state index in [9.17, 15) is 0 Å². The molecular weight excluding hydrogens is 234 g/mol.